The maximum Gasteiger partial charge on any atom is 0.215 e. The summed E-state index contributed by atoms with van der Waals surface area (Å²) in [6, 6.07) is 6.33. The number of hydrogen-bond donors (Lipinski definition) is 0. The van der Waals surface area contributed by atoms with E-state index in [0.717, 1.165) is 4.31 Å². The Balaban J connectivity index is 3.19. The minimum Gasteiger partial charge on any atom is -0.212 e. The lowest BCUT2D eigenvalue weighted by atomic mass is 10.1. The van der Waals surface area contributed by atoms with Crippen LogP contribution in [0.2, 0.25) is 0 Å². The third-order valence-electron chi connectivity index (χ3n) is 2.49. The van der Waals surface area contributed by atoms with Crippen molar-refractivity contribution in [1.29, 1.82) is 5.26 Å². The zero-order valence-electron chi connectivity index (χ0n) is 9.59. The van der Waals surface area contributed by atoms with Gasteiger partial charge >= 0.3 is 0 Å². The van der Waals surface area contributed by atoms with Gasteiger partial charge in [0.05, 0.1) is 11.8 Å². The lowest BCUT2D eigenvalue weighted by Gasteiger charge is -2.21. The van der Waals surface area contributed by atoms with Crippen LogP contribution in [-0.2, 0) is 10.0 Å². The molecule has 6 heteroatoms. The molecule has 1 unspecified atom stereocenters. The summed E-state index contributed by atoms with van der Waals surface area (Å²) in [5.74, 6) is -0.715. The van der Waals surface area contributed by atoms with Gasteiger partial charge in [-0.2, -0.15) is 9.57 Å². The van der Waals surface area contributed by atoms with Gasteiger partial charge in [-0.3, -0.25) is 0 Å². The molecule has 0 aliphatic rings. The van der Waals surface area contributed by atoms with Crippen molar-refractivity contribution in [2.24, 2.45) is 0 Å². The smallest absolute Gasteiger partial charge is 0.212 e. The van der Waals surface area contributed by atoms with Gasteiger partial charge in [0.1, 0.15) is 11.9 Å². The summed E-state index contributed by atoms with van der Waals surface area (Å²) in [6.07, 6.45) is 0. The van der Waals surface area contributed by atoms with Gasteiger partial charge in [-0.05, 0) is 13.0 Å². The molecule has 0 amide bonds. The van der Waals surface area contributed by atoms with E-state index in [0.29, 0.717) is 0 Å². The fourth-order valence-electron chi connectivity index (χ4n) is 1.41. The van der Waals surface area contributed by atoms with E-state index >= 15 is 0 Å². The van der Waals surface area contributed by atoms with Crippen LogP contribution in [0.5, 0.6) is 0 Å². The predicted molar refractivity (Wildman–Crippen MR) is 62.0 cm³/mol. The van der Waals surface area contributed by atoms with Crippen molar-refractivity contribution >= 4 is 10.0 Å². The number of nitriles is 1. The molecule has 92 valence electrons. The van der Waals surface area contributed by atoms with Crippen LogP contribution in [-0.4, -0.2) is 25.5 Å². The van der Waals surface area contributed by atoms with Crippen LogP contribution in [0.3, 0.4) is 0 Å². The van der Waals surface area contributed by atoms with Crippen LogP contribution in [0.4, 0.5) is 4.39 Å². The second-order valence-corrected chi connectivity index (χ2v) is 5.79. The molecule has 1 atom stereocenters. The minimum atomic E-state index is -3.53. The van der Waals surface area contributed by atoms with Crippen molar-refractivity contribution in [1.82, 2.24) is 4.31 Å². The monoisotopic (exact) mass is 256 g/mol. The molecule has 0 radical (unpaired) electrons. The van der Waals surface area contributed by atoms with Gasteiger partial charge in [0, 0.05) is 12.6 Å². The maximum absolute atomic E-state index is 13.5. The molecule has 0 spiro atoms. The summed E-state index contributed by atoms with van der Waals surface area (Å²) in [4.78, 5) is 0. The van der Waals surface area contributed by atoms with Crippen LogP contribution < -0.4 is 0 Å². The standard InChI is InChI=1S/C11H13FN2O2S/c1-3-17(15,16)14(2)11(8-13)9-6-4-5-7-10(9)12/h4-7,11H,3H2,1-2H3. The zero-order valence-corrected chi connectivity index (χ0v) is 10.4. The Morgan fingerprint density at radius 2 is 2.06 bits per heavy atom. The molecule has 0 saturated heterocycles. The average molecular weight is 256 g/mol. The highest BCUT2D eigenvalue weighted by molar-refractivity contribution is 7.89. The molecular formula is C11H13FN2O2S. The first-order valence-electron chi connectivity index (χ1n) is 5.03. The molecule has 1 aromatic rings. The van der Waals surface area contributed by atoms with E-state index < -0.39 is 21.9 Å². The Morgan fingerprint density at radius 3 is 2.53 bits per heavy atom. The summed E-state index contributed by atoms with van der Waals surface area (Å²) in [5.41, 5.74) is 0.0644. The quantitative estimate of drug-likeness (QED) is 0.823. The molecule has 0 aliphatic heterocycles. The summed E-state index contributed by atoms with van der Waals surface area (Å²) in [5, 5.41) is 9.01. The molecule has 0 heterocycles. The summed E-state index contributed by atoms with van der Waals surface area (Å²) >= 11 is 0. The van der Waals surface area contributed by atoms with Crippen molar-refractivity contribution in [2.75, 3.05) is 12.8 Å². The van der Waals surface area contributed by atoms with Gasteiger partial charge in [-0.15, -0.1) is 0 Å². The van der Waals surface area contributed by atoms with E-state index in [9.17, 15) is 12.8 Å². The summed E-state index contributed by atoms with van der Waals surface area (Å²) in [6.45, 7) is 1.47. The SMILES string of the molecule is CCS(=O)(=O)N(C)C(C#N)c1ccccc1F. The third-order valence-corrected chi connectivity index (χ3v) is 4.31. The van der Waals surface area contributed by atoms with E-state index in [4.69, 9.17) is 5.26 Å². The Labute approximate surface area is 100 Å². The Morgan fingerprint density at radius 1 is 1.47 bits per heavy atom. The lowest BCUT2D eigenvalue weighted by molar-refractivity contribution is 0.422. The van der Waals surface area contributed by atoms with E-state index in [-0.39, 0.29) is 11.3 Å². The second-order valence-electron chi connectivity index (χ2n) is 3.47. The highest BCUT2D eigenvalue weighted by Gasteiger charge is 2.27. The van der Waals surface area contributed by atoms with Crippen molar-refractivity contribution in [2.45, 2.75) is 13.0 Å². The molecule has 0 aliphatic carbocycles. The zero-order chi connectivity index (χ0) is 13.1. The Bertz CT molecular complexity index is 537. The molecule has 1 rings (SSSR count). The first-order chi connectivity index (χ1) is 7.94. The van der Waals surface area contributed by atoms with Gasteiger partial charge < -0.3 is 0 Å². The van der Waals surface area contributed by atoms with E-state index in [1.807, 2.05) is 0 Å². The number of hydrogen-bond acceptors (Lipinski definition) is 3. The van der Waals surface area contributed by atoms with Crippen molar-refractivity contribution in [3.8, 4) is 6.07 Å². The average Bonchev–Trinajstić information content (AvgIpc) is 2.32. The van der Waals surface area contributed by atoms with Crippen molar-refractivity contribution in [3.05, 3.63) is 35.6 Å². The normalized spacial score (nSPS) is 13.4. The maximum atomic E-state index is 13.5. The van der Waals surface area contributed by atoms with Gasteiger partial charge in [-0.25, -0.2) is 12.8 Å². The molecule has 0 saturated carbocycles. The van der Waals surface area contributed by atoms with Crippen LogP contribution in [0.1, 0.15) is 18.5 Å². The molecule has 4 nitrogen and oxygen atoms in total. The molecule has 17 heavy (non-hydrogen) atoms. The van der Waals surface area contributed by atoms with Gasteiger partial charge in [-0.1, -0.05) is 18.2 Å². The van der Waals surface area contributed by atoms with Gasteiger partial charge in [0.25, 0.3) is 0 Å². The first kappa shape index (κ1) is 13.6. The van der Waals surface area contributed by atoms with Crippen molar-refractivity contribution in [3.63, 3.8) is 0 Å². The summed E-state index contributed by atoms with van der Waals surface area (Å²) in [7, 11) is -2.25. The number of rotatable bonds is 4. The molecule has 1 aromatic carbocycles. The fraction of sp³-hybridized carbons (Fsp3) is 0.364. The molecule has 0 aromatic heterocycles. The molecular weight excluding hydrogens is 243 g/mol. The highest BCUT2D eigenvalue weighted by atomic mass is 32.2. The molecule has 0 fully saturated rings. The second kappa shape index (κ2) is 5.25. The van der Waals surface area contributed by atoms with Crippen molar-refractivity contribution < 1.29 is 12.8 Å². The van der Waals surface area contributed by atoms with Crippen LogP contribution >= 0.6 is 0 Å². The summed E-state index contributed by atoms with van der Waals surface area (Å²) < 4.78 is 37.7. The van der Waals surface area contributed by atoms with Crippen LogP contribution in [0.15, 0.2) is 24.3 Å². The third kappa shape index (κ3) is 2.81. The van der Waals surface area contributed by atoms with Crippen LogP contribution in [0.25, 0.3) is 0 Å². The Kier molecular flexibility index (Phi) is 4.21. The number of benzene rings is 1. The fourth-order valence-corrected chi connectivity index (χ4v) is 2.30. The van der Waals surface area contributed by atoms with E-state index in [2.05, 4.69) is 0 Å². The number of sulfonamides is 1. The first-order valence-corrected chi connectivity index (χ1v) is 6.64. The Hall–Kier alpha value is -1.45. The predicted octanol–water partition coefficient (Wildman–Crippen LogP) is 1.67. The van der Waals surface area contributed by atoms with E-state index in [1.54, 1.807) is 12.1 Å². The number of nitrogens with zero attached hydrogens (tertiary/aromatic N) is 2. The van der Waals surface area contributed by atoms with Gasteiger partial charge in [0.2, 0.25) is 10.0 Å². The topological polar surface area (TPSA) is 61.2 Å². The minimum absolute atomic E-state index is 0.0644. The lowest BCUT2D eigenvalue weighted by Crippen LogP contribution is -2.32. The molecule has 0 bridgehead atoms. The number of halogens is 1. The highest BCUT2D eigenvalue weighted by Crippen LogP contribution is 2.23. The largest absolute Gasteiger partial charge is 0.215 e. The van der Waals surface area contributed by atoms with E-state index in [1.165, 1.54) is 32.2 Å². The molecule has 0 N–H and O–H groups in total. The van der Waals surface area contributed by atoms with Crippen LogP contribution in [0, 0.1) is 17.1 Å². The van der Waals surface area contributed by atoms with Gasteiger partial charge in [0.15, 0.2) is 0 Å².